The summed E-state index contributed by atoms with van der Waals surface area (Å²) in [5.74, 6) is -0.724. The molecule has 3 aromatic rings. The van der Waals surface area contributed by atoms with Crippen LogP contribution in [-0.4, -0.2) is 36.6 Å². The number of hydrogen-bond acceptors (Lipinski definition) is 4. The van der Waals surface area contributed by atoms with Crippen LogP contribution in [0.5, 0.6) is 0 Å². The van der Waals surface area contributed by atoms with Crippen LogP contribution in [0.25, 0.3) is 11.1 Å². The van der Waals surface area contributed by atoms with Crippen LogP contribution in [0.4, 0.5) is 0 Å². The number of nitrogens with zero attached hydrogens (tertiary/aromatic N) is 1. The maximum Gasteiger partial charge on any atom is 0.338 e. The van der Waals surface area contributed by atoms with Gasteiger partial charge in [-0.05, 0) is 50.1 Å². The van der Waals surface area contributed by atoms with Gasteiger partial charge in [-0.3, -0.25) is 4.79 Å². The Morgan fingerprint density at radius 3 is 2.23 bits per heavy atom. The summed E-state index contributed by atoms with van der Waals surface area (Å²) in [6.07, 6.45) is 0. The first-order valence-electron chi connectivity index (χ1n) is 9.95. The van der Waals surface area contributed by atoms with E-state index < -0.39 is 5.97 Å². The molecule has 156 valence electrons. The summed E-state index contributed by atoms with van der Waals surface area (Å²) >= 11 is 0. The van der Waals surface area contributed by atoms with E-state index in [0.29, 0.717) is 17.7 Å². The van der Waals surface area contributed by atoms with Crippen LogP contribution >= 0.6 is 0 Å². The number of carbonyl (C=O) groups is 2. The molecule has 0 aliphatic rings. The highest BCUT2D eigenvalue weighted by Gasteiger charge is 2.20. The van der Waals surface area contributed by atoms with Crippen LogP contribution in [0.1, 0.15) is 45.1 Å². The third-order valence-corrected chi connectivity index (χ3v) is 5.20. The SMILES string of the molecule is COC[C@H](C)n1c(C)cc(C(=O)COC(=O)c2ccc(-c3ccccc3)cc2)c1C. The maximum absolute atomic E-state index is 12.7. The number of hydrogen-bond donors (Lipinski definition) is 0. The van der Waals surface area contributed by atoms with Gasteiger partial charge in [0.1, 0.15) is 0 Å². The Balaban J connectivity index is 1.65. The van der Waals surface area contributed by atoms with Gasteiger partial charge in [0.05, 0.1) is 18.2 Å². The van der Waals surface area contributed by atoms with E-state index in [1.165, 1.54) is 0 Å². The Kier molecular flexibility index (Phi) is 6.85. The molecule has 5 nitrogen and oxygen atoms in total. The van der Waals surface area contributed by atoms with E-state index in [-0.39, 0.29) is 18.4 Å². The summed E-state index contributed by atoms with van der Waals surface area (Å²) in [7, 11) is 1.66. The van der Waals surface area contributed by atoms with E-state index in [9.17, 15) is 9.59 Å². The zero-order valence-corrected chi connectivity index (χ0v) is 17.8. The van der Waals surface area contributed by atoms with Gasteiger partial charge in [0, 0.05) is 24.1 Å². The van der Waals surface area contributed by atoms with Crippen molar-refractivity contribution in [2.75, 3.05) is 20.3 Å². The second-order valence-corrected chi connectivity index (χ2v) is 7.40. The largest absolute Gasteiger partial charge is 0.454 e. The summed E-state index contributed by atoms with van der Waals surface area (Å²) in [6, 6.07) is 19.0. The first-order chi connectivity index (χ1) is 14.4. The van der Waals surface area contributed by atoms with Crippen molar-refractivity contribution >= 4 is 11.8 Å². The number of ether oxygens (including phenoxy) is 2. The molecular weight excluding hydrogens is 378 g/mol. The van der Waals surface area contributed by atoms with Gasteiger partial charge in [0.2, 0.25) is 5.78 Å². The number of benzene rings is 2. The highest BCUT2D eigenvalue weighted by atomic mass is 16.5. The second-order valence-electron chi connectivity index (χ2n) is 7.40. The van der Waals surface area contributed by atoms with Gasteiger partial charge in [-0.25, -0.2) is 4.79 Å². The fraction of sp³-hybridized carbons (Fsp3) is 0.280. The van der Waals surface area contributed by atoms with Gasteiger partial charge in [-0.2, -0.15) is 0 Å². The average molecular weight is 405 g/mol. The lowest BCUT2D eigenvalue weighted by molar-refractivity contribution is 0.0474. The van der Waals surface area contributed by atoms with Crippen molar-refractivity contribution in [1.29, 1.82) is 0 Å². The number of rotatable bonds is 8. The maximum atomic E-state index is 12.7. The molecule has 0 amide bonds. The van der Waals surface area contributed by atoms with Crippen molar-refractivity contribution in [3.8, 4) is 11.1 Å². The Labute approximate surface area is 177 Å². The average Bonchev–Trinajstić information content (AvgIpc) is 3.06. The minimum absolute atomic E-state index is 0.113. The highest BCUT2D eigenvalue weighted by Crippen LogP contribution is 2.22. The normalized spacial score (nSPS) is 11.9. The number of methoxy groups -OCH3 is 1. The first kappa shape index (κ1) is 21.5. The molecule has 5 heteroatoms. The van der Waals surface area contributed by atoms with Gasteiger partial charge < -0.3 is 14.0 Å². The zero-order valence-electron chi connectivity index (χ0n) is 17.8. The van der Waals surface area contributed by atoms with Gasteiger partial charge >= 0.3 is 5.97 Å². The zero-order chi connectivity index (χ0) is 21.7. The predicted molar refractivity (Wildman–Crippen MR) is 117 cm³/mol. The third kappa shape index (κ3) is 4.69. The van der Waals surface area contributed by atoms with E-state index in [1.807, 2.05) is 69.3 Å². The molecule has 0 unspecified atom stereocenters. The number of carbonyl (C=O) groups excluding carboxylic acids is 2. The summed E-state index contributed by atoms with van der Waals surface area (Å²) in [4.78, 5) is 25.0. The number of ketones is 1. The lowest BCUT2D eigenvalue weighted by atomic mass is 10.0. The Morgan fingerprint density at radius 1 is 0.967 bits per heavy atom. The van der Waals surface area contributed by atoms with Gasteiger partial charge in [0.25, 0.3) is 0 Å². The molecule has 0 fully saturated rings. The van der Waals surface area contributed by atoms with E-state index in [4.69, 9.17) is 9.47 Å². The molecule has 0 spiro atoms. The Morgan fingerprint density at radius 2 is 1.60 bits per heavy atom. The minimum Gasteiger partial charge on any atom is -0.454 e. The van der Waals surface area contributed by atoms with E-state index >= 15 is 0 Å². The standard InChI is InChI=1S/C25H27NO4/c1-17-14-23(19(3)26(17)18(2)15-29-4)24(27)16-30-25(28)22-12-10-21(11-13-22)20-8-6-5-7-9-20/h5-14,18H,15-16H2,1-4H3/t18-/m0/s1. The van der Waals surface area contributed by atoms with Crippen molar-refractivity contribution in [3.05, 3.63) is 83.2 Å². The second kappa shape index (κ2) is 9.55. The third-order valence-electron chi connectivity index (χ3n) is 5.20. The summed E-state index contributed by atoms with van der Waals surface area (Å²) in [5.41, 5.74) is 4.91. The monoisotopic (exact) mass is 405 g/mol. The molecule has 1 atom stereocenters. The van der Waals surface area contributed by atoms with Crippen LogP contribution in [0, 0.1) is 13.8 Å². The number of aromatic nitrogens is 1. The molecule has 0 bridgehead atoms. The van der Waals surface area contributed by atoms with Crippen molar-refractivity contribution in [2.45, 2.75) is 26.8 Å². The van der Waals surface area contributed by atoms with Crippen LogP contribution in [0.2, 0.25) is 0 Å². The molecule has 1 heterocycles. The molecule has 0 saturated carbocycles. The van der Waals surface area contributed by atoms with Gasteiger partial charge in [-0.1, -0.05) is 42.5 Å². The smallest absolute Gasteiger partial charge is 0.338 e. The van der Waals surface area contributed by atoms with Crippen molar-refractivity contribution in [3.63, 3.8) is 0 Å². The van der Waals surface area contributed by atoms with E-state index in [2.05, 4.69) is 4.57 Å². The Bertz CT molecular complexity index is 1020. The molecule has 0 aliphatic heterocycles. The van der Waals surface area contributed by atoms with Crippen LogP contribution in [-0.2, 0) is 9.47 Å². The lowest BCUT2D eigenvalue weighted by Crippen LogP contribution is -2.17. The number of Topliss-reactive ketones (excluding diaryl/α,β-unsaturated/α-hetero) is 1. The molecule has 0 radical (unpaired) electrons. The molecule has 0 aliphatic carbocycles. The van der Waals surface area contributed by atoms with E-state index in [0.717, 1.165) is 22.5 Å². The van der Waals surface area contributed by atoms with Crippen LogP contribution in [0.3, 0.4) is 0 Å². The fourth-order valence-corrected chi connectivity index (χ4v) is 3.77. The molecule has 3 rings (SSSR count). The number of esters is 1. The molecule has 0 saturated heterocycles. The molecule has 30 heavy (non-hydrogen) atoms. The lowest BCUT2D eigenvalue weighted by Gasteiger charge is -2.17. The predicted octanol–water partition coefficient (Wildman–Crippen LogP) is 5.02. The molecule has 0 N–H and O–H groups in total. The topological polar surface area (TPSA) is 57.5 Å². The summed E-state index contributed by atoms with van der Waals surface area (Å²) in [6.45, 7) is 6.16. The molecule has 2 aromatic carbocycles. The summed E-state index contributed by atoms with van der Waals surface area (Å²) in [5, 5.41) is 0. The fourth-order valence-electron chi connectivity index (χ4n) is 3.77. The molecular formula is C25H27NO4. The minimum atomic E-state index is -0.510. The number of aryl methyl sites for hydroxylation is 1. The van der Waals surface area contributed by atoms with Gasteiger partial charge in [0.15, 0.2) is 6.61 Å². The van der Waals surface area contributed by atoms with Crippen LogP contribution < -0.4 is 0 Å². The van der Waals surface area contributed by atoms with Crippen molar-refractivity contribution < 1.29 is 19.1 Å². The van der Waals surface area contributed by atoms with Crippen LogP contribution in [0.15, 0.2) is 60.7 Å². The van der Waals surface area contributed by atoms with Crippen molar-refractivity contribution in [2.24, 2.45) is 0 Å². The van der Waals surface area contributed by atoms with E-state index in [1.54, 1.807) is 19.2 Å². The first-order valence-corrected chi connectivity index (χ1v) is 9.95. The Hall–Kier alpha value is -3.18. The summed E-state index contributed by atoms with van der Waals surface area (Å²) < 4.78 is 12.6. The van der Waals surface area contributed by atoms with Gasteiger partial charge in [-0.15, -0.1) is 0 Å². The van der Waals surface area contributed by atoms with Crippen molar-refractivity contribution in [1.82, 2.24) is 4.57 Å². The highest BCUT2D eigenvalue weighted by molar-refractivity contribution is 6.00. The molecule has 1 aromatic heterocycles. The quantitative estimate of drug-likeness (QED) is 0.390.